The van der Waals surface area contributed by atoms with E-state index in [4.69, 9.17) is 0 Å². The summed E-state index contributed by atoms with van der Waals surface area (Å²) in [6.45, 7) is 0.731. The molecule has 2 aromatic rings. The van der Waals surface area contributed by atoms with E-state index in [1.807, 2.05) is 48.7 Å². The van der Waals surface area contributed by atoms with Gasteiger partial charge in [0.1, 0.15) is 0 Å². The molecule has 0 fully saturated rings. The predicted octanol–water partition coefficient (Wildman–Crippen LogP) is 3.61. The predicted molar refractivity (Wildman–Crippen MR) is 78.0 cm³/mol. The maximum Gasteiger partial charge on any atom is 0.202 e. The molecule has 0 aromatic heterocycles. The Morgan fingerprint density at radius 3 is 2.53 bits per heavy atom. The summed E-state index contributed by atoms with van der Waals surface area (Å²) < 4.78 is 0. The van der Waals surface area contributed by atoms with Crippen molar-refractivity contribution in [1.82, 2.24) is 5.32 Å². The summed E-state index contributed by atoms with van der Waals surface area (Å²) in [4.78, 5) is 13.9. The Balaban J connectivity index is 1.69. The number of ketones is 1. The van der Waals surface area contributed by atoms with Crippen molar-refractivity contribution in [2.24, 2.45) is 0 Å². The summed E-state index contributed by atoms with van der Waals surface area (Å²) >= 11 is 1.53. The maximum absolute atomic E-state index is 12.1. The van der Waals surface area contributed by atoms with Crippen molar-refractivity contribution in [2.45, 2.75) is 11.4 Å². The van der Waals surface area contributed by atoms with Crippen LogP contribution in [0, 0.1) is 0 Å². The smallest absolute Gasteiger partial charge is 0.202 e. The van der Waals surface area contributed by atoms with Gasteiger partial charge < -0.3 is 5.32 Å². The summed E-state index contributed by atoms with van der Waals surface area (Å²) in [6, 6.07) is 17.9. The van der Waals surface area contributed by atoms with Gasteiger partial charge in [-0.25, -0.2) is 0 Å². The molecule has 3 rings (SSSR count). The summed E-state index contributed by atoms with van der Waals surface area (Å²) in [5, 5.41) is 3.21. The van der Waals surface area contributed by atoms with Crippen LogP contribution in [0.2, 0.25) is 0 Å². The first-order valence-corrected chi connectivity index (χ1v) is 6.95. The molecule has 0 saturated carbocycles. The van der Waals surface area contributed by atoms with Crippen molar-refractivity contribution in [3.05, 3.63) is 76.8 Å². The number of allylic oxidation sites excluding steroid dienone is 1. The molecule has 1 aliphatic heterocycles. The van der Waals surface area contributed by atoms with Crippen LogP contribution in [0.1, 0.15) is 15.9 Å². The average Bonchev–Trinajstić information content (AvgIpc) is 2.78. The number of carbonyl (C=O) groups is 1. The van der Waals surface area contributed by atoms with Crippen LogP contribution in [0.4, 0.5) is 0 Å². The Hall–Kier alpha value is -2.00. The van der Waals surface area contributed by atoms with Crippen LogP contribution in [0.5, 0.6) is 0 Å². The van der Waals surface area contributed by atoms with Gasteiger partial charge in [-0.05, 0) is 17.7 Å². The van der Waals surface area contributed by atoms with Gasteiger partial charge in [0, 0.05) is 23.2 Å². The molecule has 0 atom stereocenters. The normalized spacial score (nSPS) is 15.6. The second kappa shape index (κ2) is 5.33. The Labute approximate surface area is 116 Å². The molecule has 1 heterocycles. The molecule has 94 valence electrons. The monoisotopic (exact) mass is 267 g/mol. The molecule has 0 spiro atoms. The zero-order valence-electron chi connectivity index (χ0n) is 10.3. The molecule has 0 radical (unpaired) electrons. The number of carbonyl (C=O) groups excluding carboxylic acids is 1. The lowest BCUT2D eigenvalue weighted by atomic mass is 10.1. The average molecular weight is 267 g/mol. The van der Waals surface area contributed by atoms with Crippen molar-refractivity contribution in [1.29, 1.82) is 0 Å². The first-order valence-electron chi connectivity index (χ1n) is 6.13. The van der Waals surface area contributed by atoms with Gasteiger partial charge in [0.2, 0.25) is 5.78 Å². The highest BCUT2D eigenvalue weighted by Crippen LogP contribution is 2.39. The number of Topliss-reactive ketones (excluding diaryl/α,β-unsaturated/α-hetero) is 1. The number of hydrogen-bond donors (Lipinski definition) is 1. The highest BCUT2D eigenvalue weighted by Gasteiger charge is 2.24. The van der Waals surface area contributed by atoms with Gasteiger partial charge in [-0.2, -0.15) is 0 Å². The second-order valence-electron chi connectivity index (χ2n) is 4.30. The second-order valence-corrected chi connectivity index (χ2v) is 5.39. The van der Waals surface area contributed by atoms with E-state index >= 15 is 0 Å². The Kier molecular flexibility index (Phi) is 3.38. The maximum atomic E-state index is 12.1. The minimum Gasteiger partial charge on any atom is -0.386 e. The fourth-order valence-electron chi connectivity index (χ4n) is 1.99. The molecule has 2 aromatic carbocycles. The summed E-state index contributed by atoms with van der Waals surface area (Å²) in [5.41, 5.74) is 2.01. The highest BCUT2D eigenvalue weighted by atomic mass is 32.2. The zero-order chi connectivity index (χ0) is 13.1. The SMILES string of the molecule is O=C1C(=CNCc2ccccc2)Sc2ccccc21. The molecule has 3 heteroatoms. The molecular weight excluding hydrogens is 254 g/mol. The molecule has 0 saturated heterocycles. The van der Waals surface area contributed by atoms with Gasteiger partial charge >= 0.3 is 0 Å². The van der Waals surface area contributed by atoms with Crippen molar-refractivity contribution < 1.29 is 4.79 Å². The summed E-state index contributed by atoms with van der Waals surface area (Å²) in [7, 11) is 0. The third kappa shape index (κ3) is 2.56. The van der Waals surface area contributed by atoms with Crippen LogP contribution >= 0.6 is 11.8 Å². The van der Waals surface area contributed by atoms with Crippen LogP contribution in [-0.2, 0) is 6.54 Å². The van der Waals surface area contributed by atoms with E-state index in [2.05, 4.69) is 17.4 Å². The third-order valence-corrected chi connectivity index (χ3v) is 4.06. The van der Waals surface area contributed by atoms with Crippen molar-refractivity contribution in [2.75, 3.05) is 0 Å². The van der Waals surface area contributed by atoms with E-state index in [0.29, 0.717) is 0 Å². The lowest BCUT2D eigenvalue weighted by molar-refractivity contribution is 0.104. The van der Waals surface area contributed by atoms with Crippen LogP contribution < -0.4 is 5.32 Å². The Morgan fingerprint density at radius 2 is 1.74 bits per heavy atom. The topological polar surface area (TPSA) is 29.1 Å². The van der Waals surface area contributed by atoms with Crippen molar-refractivity contribution >= 4 is 17.5 Å². The van der Waals surface area contributed by atoms with Gasteiger partial charge in [0.25, 0.3) is 0 Å². The minimum atomic E-state index is 0.112. The van der Waals surface area contributed by atoms with E-state index in [1.165, 1.54) is 17.3 Å². The lowest BCUT2D eigenvalue weighted by Gasteiger charge is -2.01. The molecular formula is C16H13NOS. The van der Waals surface area contributed by atoms with E-state index in [1.54, 1.807) is 0 Å². The van der Waals surface area contributed by atoms with Gasteiger partial charge in [-0.1, -0.05) is 54.2 Å². The first-order chi connectivity index (χ1) is 9.34. The fraction of sp³-hybridized carbons (Fsp3) is 0.0625. The Bertz CT molecular complexity index is 634. The standard InChI is InChI=1S/C16H13NOS/c18-16-13-8-4-5-9-14(13)19-15(16)11-17-10-12-6-2-1-3-7-12/h1-9,11,17H,10H2. The molecule has 2 nitrogen and oxygen atoms in total. The van der Waals surface area contributed by atoms with Gasteiger partial charge in [-0.15, -0.1) is 0 Å². The number of thioether (sulfide) groups is 1. The molecule has 0 amide bonds. The van der Waals surface area contributed by atoms with Crippen LogP contribution in [-0.4, -0.2) is 5.78 Å². The zero-order valence-corrected chi connectivity index (χ0v) is 11.1. The first kappa shape index (κ1) is 12.1. The number of nitrogens with one attached hydrogen (secondary N) is 1. The van der Waals surface area contributed by atoms with Crippen LogP contribution in [0.3, 0.4) is 0 Å². The van der Waals surface area contributed by atoms with Crippen molar-refractivity contribution in [3.8, 4) is 0 Å². The lowest BCUT2D eigenvalue weighted by Crippen LogP contribution is -2.07. The molecule has 0 bridgehead atoms. The summed E-state index contributed by atoms with van der Waals surface area (Å²) in [6.07, 6.45) is 1.82. The molecule has 19 heavy (non-hydrogen) atoms. The van der Waals surface area contributed by atoms with Gasteiger partial charge in [0.15, 0.2) is 0 Å². The number of rotatable bonds is 3. The summed E-state index contributed by atoms with van der Waals surface area (Å²) in [5.74, 6) is 0.112. The van der Waals surface area contributed by atoms with E-state index in [9.17, 15) is 4.79 Å². The number of fused-ring (bicyclic) bond motifs is 1. The molecule has 0 unspecified atom stereocenters. The number of hydrogen-bond acceptors (Lipinski definition) is 3. The fourth-order valence-corrected chi connectivity index (χ4v) is 2.99. The van der Waals surface area contributed by atoms with Gasteiger partial charge in [0.05, 0.1) is 4.91 Å². The van der Waals surface area contributed by atoms with E-state index < -0.39 is 0 Å². The van der Waals surface area contributed by atoms with E-state index in [0.717, 1.165) is 21.9 Å². The molecule has 1 N–H and O–H groups in total. The largest absolute Gasteiger partial charge is 0.386 e. The number of benzene rings is 2. The quantitative estimate of drug-likeness (QED) is 0.861. The third-order valence-electron chi connectivity index (χ3n) is 2.96. The molecule has 1 aliphatic rings. The van der Waals surface area contributed by atoms with Gasteiger partial charge in [-0.3, -0.25) is 4.79 Å². The molecule has 0 aliphatic carbocycles. The highest BCUT2D eigenvalue weighted by molar-refractivity contribution is 8.04. The van der Waals surface area contributed by atoms with E-state index in [-0.39, 0.29) is 5.78 Å². The Morgan fingerprint density at radius 1 is 1.00 bits per heavy atom. The van der Waals surface area contributed by atoms with Crippen LogP contribution in [0.15, 0.2) is 70.6 Å². The van der Waals surface area contributed by atoms with Crippen molar-refractivity contribution in [3.63, 3.8) is 0 Å². The minimum absolute atomic E-state index is 0.112. The van der Waals surface area contributed by atoms with Crippen LogP contribution in [0.25, 0.3) is 0 Å².